The molecule has 0 aliphatic heterocycles. The Morgan fingerprint density at radius 2 is 2.38 bits per heavy atom. The fraction of sp³-hybridized carbons (Fsp3) is 0.300. The molecule has 0 aromatic carbocycles. The molecule has 2 aromatic heterocycles. The van der Waals surface area contributed by atoms with Gasteiger partial charge >= 0.3 is 0 Å². The average Bonchev–Trinajstić information content (AvgIpc) is 2.65. The molecule has 0 saturated heterocycles. The van der Waals surface area contributed by atoms with Crippen molar-refractivity contribution in [3.63, 3.8) is 0 Å². The number of carbonyl (C=O) groups excluding carboxylic acids is 1. The summed E-state index contributed by atoms with van der Waals surface area (Å²) in [7, 11) is 0. The van der Waals surface area contributed by atoms with Crippen LogP contribution in [0.25, 0.3) is 11.0 Å². The molecule has 84 valence electrons. The molecule has 0 aliphatic carbocycles. The van der Waals surface area contributed by atoms with Gasteiger partial charge in [-0.05, 0) is 6.92 Å². The Kier molecular flexibility index (Phi) is 2.78. The molecule has 0 atom stereocenters. The minimum Gasteiger partial charge on any atom is -0.352 e. The number of rotatable bonds is 2. The number of aromatic nitrogens is 3. The molecule has 2 aromatic rings. The Bertz CT molecular complexity index is 549. The second-order valence-electron chi connectivity index (χ2n) is 3.50. The first-order valence-corrected chi connectivity index (χ1v) is 5.20. The number of nitrogens with zero attached hydrogens (tertiary/aromatic N) is 2. The van der Waals surface area contributed by atoms with Crippen molar-refractivity contribution in [1.82, 2.24) is 20.3 Å². The Labute approximate surface area is 97.2 Å². The number of amides is 1. The number of pyridine rings is 1. The topological polar surface area (TPSA) is 70.7 Å². The number of hydrogen-bond acceptors (Lipinski definition) is 3. The van der Waals surface area contributed by atoms with E-state index < -0.39 is 0 Å². The third-order valence-electron chi connectivity index (χ3n) is 2.32. The van der Waals surface area contributed by atoms with Crippen LogP contribution in [0, 0.1) is 6.92 Å². The molecule has 5 nitrogen and oxygen atoms in total. The van der Waals surface area contributed by atoms with Crippen molar-refractivity contribution in [1.29, 1.82) is 0 Å². The van der Waals surface area contributed by atoms with E-state index in [9.17, 15) is 4.79 Å². The van der Waals surface area contributed by atoms with Crippen molar-refractivity contribution in [3.05, 3.63) is 22.7 Å². The molecular formula is C10H11ClN4O. The molecule has 0 fully saturated rings. The number of imidazole rings is 1. The highest BCUT2D eigenvalue weighted by molar-refractivity contribution is 6.31. The summed E-state index contributed by atoms with van der Waals surface area (Å²) in [5.74, 6) is -0.111. The zero-order valence-electron chi connectivity index (χ0n) is 8.97. The molecule has 0 radical (unpaired) electrons. The van der Waals surface area contributed by atoms with Crippen LogP contribution in [0.1, 0.15) is 18.2 Å². The first kappa shape index (κ1) is 10.9. The number of aromatic amines is 1. The summed E-state index contributed by atoms with van der Waals surface area (Å²) in [5.41, 5.74) is 3.14. The van der Waals surface area contributed by atoms with Gasteiger partial charge in [0.25, 0.3) is 0 Å². The lowest BCUT2D eigenvalue weighted by atomic mass is 10.2. The molecule has 1 amide bonds. The van der Waals surface area contributed by atoms with Gasteiger partial charge in [-0.25, -0.2) is 9.97 Å². The summed E-state index contributed by atoms with van der Waals surface area (Å²) in [6.45, 7) is 3.65. The lowest BCUT2D eigenvalue weighted by molar-refractivity contribution is -0.119. The van der Waals surface area contributed by atoms with Crippen molar-refractivity contribution in [2.75, 3.05) is 0 Å². The summed E-state index contributed by atoms with van der Waals surface area (Å²) < 4.78 is 0. The highest BCUT2D eigenvalue weighted by atomic mass is 35.5. The van der Waals surface area contributed by atoms with Crippen LogP contribution in [0.4, 0.5) is 0 Å². The Morgan fingerprint density at radius 3 is 3.06 bits per heavy atom. The molecule has 2 N–H and O–H groups in total. The maximum absolute atomic E-state index is 10.9. The summed E-state index contributed by atoms with van der Waals surface area (Å²) in [6.07, 6.45) is 1.59. The molecule has 16 heavy (non-hydrogen) atoms. The quantitative estimate of drug-likeness (QED) is 0.780. The monoisotopic (exact) mass is 238 g/mol. The average molecular weight is 239 g/mol. The third kappa shape index (κ3) is 1.86. The van der Waals surface area contributed by atoms with E-state index in [1.54, 1.807) is 6.33 Å². The summed E-state index contributed by atoms with van der Waals surface area (Å²) in [4.78, 5) is 22.2. The Hall–Kier alpha value is -1.62. The fourth-order valence-corrected chi connectivity index (χ4v) is 1.82. The number of fused-ring (bicyclic) bond motifs is 1. The van der Waals surface area contributed by atoms with E-state index in [1.807, 2.05) is 6.92 Å². The molecule has 2 rings (SSSR count). The predicted molar refractivity (Wildman–Crippen MR) is 61.2 cm³/mol. The zero-order valence-corrected chi connectivity index (χ0v) is 9.72. The van der Waals surface area contributed by atoms with Gasteiger partial charge in [-0.1, -0.05) is 11.6 Å². The molecule has 0 aliphatic rings. The van der Waals surface area contributed by atoms with Crippen molar-refractivity contribution < 1.29 is 4.79 Å². The second kappa shape index (κ2) is 4.09. The van der Waals surface area contributed by atoms with Crippen molar-refractivity contribution in [2.45, 2.75) is 20.4 Å². The van der Waals surface area contributed by atoms with Crippen molar-refractivity contribution in [3.8, 4) is 0 Å². The van der Waals surface area contributed by atoms with Gasteiger partial charge in [0.2, 0.25) is 5.91 Å². The van der Waals surface area contributed by atoms with Gasteiger partial charge in [0.05, 0.1) is 23.1 Å². The second-order valence-corrected chi connectivity index (χ2v) is 3.86. The summed E-state index contributed by atoms with van der Waals surface area (Å²) >= 11 is 6.03. The van der Waals surface area contributed by atoms with E-state index in [2.05, 4.69) is 20.3 Å². The van der Waals surface area contributed by atoms with Crippen LogP contribution in [0.2, 0.25) is 5.15 Å². The van der Waals surface area contributed by atoms with Gasteiger partial charge in [0, 0.05) is 19.0 Å². The van der Waals surface area contributed by atoms with Crippen LogP contribution in [-0.2, 0) is 11.3 Å². The van der Waals surface area contributed by atoms with Crippen molar-refractivity contribution in [2.24, 2.45) is 0 Å². The largest absolute Gasteiger partial charge is 0.352 e. The maximum Gasteiger partial charge on any atom is 0.217 e. The first-order chi connectivity index (χ1) is 7.59. The van der Waals surface area contributed by atoms with Crippen LogP contribution < -0.4 is 5.32 Å². The van der Waals surface area contributed by atoms with Gasteiger partial charge in [0.15, 0.2) is 0 Å². The minimum atomic E-state index is -0.111. The van der Waals surface area contributed by atoms with Gasteiger partial charge in [0.1, 0.15) is 5.15 Å². The van der Waals surface area contributed by atoms with Gasteiger partial charge in [-0.2, -0.15) is 0 Å². The smallest absolute Gasteiger partial charge is 0.217 e. The van der Waals surface area contributed by atoms with Crippen LogP contribution in [0.15, 0.2) is 6.33 Å². The van der Waals surface area contributed by atoms with Crippen LogP contribution in [-0.4, -0.2) is 20.9 Å². The van der Waals surface area contributed by atoms with E-state index >= 15 is 0 Å². The molecule has 6 heteroatoms. The van der Waals surface area contributed by atoms with Crippen LogP contribution in [0.5, 0.6) is 0 Å². The number of H-pyrrole nitrogens is 1. The number of nitrogens with one attached hydrogen (secondary N) is 2. The van der Waals surface area contributed by atoms with E-state index in [1.165, 1.54) is 6.92 Å². The van der Waals surface area contributed by atoms with E-state index in [0.717, 1.165) is 22.3 Å². The molecule has 0 bridgehead atoms. The number of hydrogen-bond donors (Lipinski definition) is 2. The normalized spacial score (nSPS) is 10.7. The van der Waals surface area contributed by atoms with Crippen LogP contribution >= 0.6 is 11.6 Å². The zero-order chi connectivity index (χ0) is 11.7. The Balaban J connectivity index is 2.50. The van der Waals surface area contributed by atoms with E-state index in [-0.39, 0.29) is 5.91 Å². The first-order valence-electron chi connectivity index (χ1n) is 4.82. The lowest BCUT2D eigenvalue weighted by Crippen LogP contribution is -2.19. The van der Waals surface area contributed by atoms with Gasteiger partial charge < -0.3 is 10.3 Å². The van der Waals surface area contributed by atoms with Crippen molar-refractivity contribution >= 4 is 28.5 Å². The van der Waals surface area contributed by atoms with E-state index in [4.69, 9.17) is 11.6 Å². The van der Waals surface area contributed by atoms with Gasteiger partial charge in [-0.3, -0.25) is 4.79 Å². The summed E-state index contributed by atoms with van der Waals surface area (Å²) in [5, 5.41) is 3.07. The molecule has 0 unspecified atom stereocenters. The number of halogens is 1. The lowest BCUT2D eigenvalue weighted by Gasteiger charge is -2.06. The predicted octanol–water partition coefficient (Wildman–Crippen LogP) is 1.56. The molecule has 0 spiro atoms. The number of carbonyl (C=O) groups is 1. The summed E-state index contributed by atoms with van der Waals surface area (Å²) in [6, 6.07) is 0. The minimum absolute atomic E-state index is 0.111. The molecule has 2 heterocycles. The highest BCUT2D eigenvalue weighted by Crippen LogP contribution is 2.23. The maximum atomic E-state index is 10.9. The molecule has 0 saturated carbocycles. The Morgan fingerprint density at radius 1 is 1.62 bits per heavy atom. The van der Waals surface area contributed by atoms with E-state index in [0.29, 0.717) is 11.7 Å². The fourth-order valence-electron chi connectivity index (χ4n) is 1.54. The number of aryl methyl sites for hydroxylation is 1. The SMILES string of the molecule is CC(=O)NCc1c(Cl)nc(C)c2[nH]cnc12. The van der Waals surface area contributed by atoms with Crippen LogP contribution in [0.3, 0.4) is 0 Å². The van der Waals surface area contributed by atoms with Gasteiger partial charge in [-0.15, -0.1) is 0 Å². The standard InChI is InChI=1S/C10H11ClN4O/c1-5-8-9(14-4-13-8)7(10(11)15-5)3-12-6(2)16/h4H,3H2,1-2H3,(H,12,16)(H,13,14). The highest BCUT2D eigenvalue weighted by Gasteiger charge is 2.12. The molecular weight excluding hydrogens is 228 g/mol. The third-order valence-corrected chi connectivity index (χ3v) is 2.63.